The second kappa shape index (κ2) is 12.7. The highest BCUT2D eigenvalue weighted by Crippen LogP contribution is 2.25. The highest BCUT2D eigenvalue weighted by molar-refractivity contribution is 14.0. The SMILES string of the molecule is CN=C(NCC(c1ccco1)N1CCCC1)N1CCC(COCCOC)C1.I. The van der Waals surface area contributed by atoms with Gasteiger partial charge in [0.25, 0.3) is 0 Å². The summed E-state index contributed by atoms with van der Waals surface area (Å²) in [5, 5.41) is 3.59. The third kappa shape index (κ3) is 6.60. The van der Waals surface area contributed by atoms with Crippen LogP contribution in [-0.4, -0.2) is 82.5 Å². The number of halogens is 1. The Morgan fingerprint density at radius 1 is 1.32 bits per heavy atom. The van der Waals surface area contributed by atoms with Crippen LogP contribution in [0.15, 0.2) is 27.8 Å². The average molecular weight is 506 g/mol. The van der Waals surface area contributed by atoms with Crippen LogP contribution in [0, 0.1) is 5.92 Å². The number of aliphatic imine (C=N–C) groups is 1. The van der Waals surface area contributed by atoms with Gasteiger partial charge in [-0.15, -0.1) is 24.0 Å². The Morgan fingerprint density at radius 2 is 2.14 bits per heavy atom. The van der Waals surface area contributed by atoms with E-state index in [1.54, 1.807) is 13.4 Å². The molecule has 2 saturated heterocycles. The van der Waals surface area contributed by atoms with Crippen molar-refractivity contribution in [3.05, 3.63) is 24.2 Å². The first-order valence-corrected chi connectivity index (χ1v) is 10.1. The fraction of sp³-hybridized carbons (Fsp3) is 0.750. The van der Waals surface area contributed by atoms with Crippen LogP contribution in [0.4, 0.5) is 0 Å². The number of hydrogen-bond donors (Lipinski definition) is 1. The van der Waals surface area contributed by atoms with Gasteiger partial charge in [-0.25, -0.2) is 0 Å². The molecule has 1 aromatic heterocycles. The lowest BCUT2D eigenvalue weighted by atomic mass is 10.1. The molecule has 160 valence electrons. The number of nitrogens with one attached hydrogen (secondary N) is 1. The van der Waals surface area contributed by atoms with E-state index in [-0.39, 0.29) is 30.0 Å². The van der Waals surface area contributed by atoms with Crippen LogP contribution < -0.4 is 5.32 Å². The lowest BCUT2D eigenvalue weighted by Gasteiger charge is -2.28. The standard InChI is InChI=1S/C20H34N4O3.HI/c1-21-20(24-10-7-17(15-24)16-26-13-12-25-2)22-14-18(19-6-5-11-27-19)23-8-3-4-9-23;/h5-6,11,17-18H,3-4,7-10,12-16H2,1-2H3,(H,21,22);1H. The van der Waals surface area contributed by atoms with Crippen LogP contribution in [-0.2, 0) is 9.47 Å². The summed E-state index contributed by atoms with van der Waals surface area (Å²) < 4.78 is 16.5. The van der Waals surface area contributed by atoms with Crippen molar-refractivity contribution in [2.75, 3.05) is 66.7 Å². The maximum atomic E-state index is 5.72. The normalized spacial score (nSPS) is 21.7. The summed E-state index contributed by atoms with van der Waals surface area (Å²) in [4.78, 5) is 9.37. The van der Waals surface area contributed by atoms with Crippen LogP contribution in [0.1, 0.15) is 31.1 Å². The van der Waals surface area contributed by atoms with Gasteiger partial charge in [-0.3, -0.25) is 9.89 Å². The number of guanidine groups is 1. The van der Waals surface area contributed by atoms with E-state index in [1.807, 2.05) is 13.1 Å². The first kappa shape index (κ1) is 23.4. The Morgan fingerprint density at radius 3 is 2.82 bits per heavy atom. The Balaban J connectivity index is 0.00000280. The minimum Gasteiger partial charge on any atom is -0.468 e. The topological polar surface area (TPSA) is 62.5 Å². The van der Waals surface area contributed by atoms with Crippen molar-refractivity contribution in [2.24, 2.45) is 10.9 Å². The van der Waals surface area contributed by atoms with E-state index in [2.05, 4.69) is 26.2 Å². The molecule has 0 aliphatic carbocycles. The van der Waals surface area contributed by atoms with E-state index in [0.29, 0.717) is 19.1 Å². The number of nitrogens with zero attached hydrogens (tertiary/aromatic N) is 3. The molecule has 2 aliphatic heterocycles. The van der Waals surface area contributed by atoms with E-state index in [0.717, 1.165) is 57.5 Å². The van der Waals surface area contributed by atoms with Crippen molar-refractivity contribution in [3.8, 4) is 0 Å². The summed E-state index contributed by atoms with van der Waals surface area (Å²) in [6.07, 6.45) is 5.44. The third-order valence-corrected chi connectivity index (χ3v) is 5.49. The molecule has 2 fully saturated rings. The van der Waals surface area contributed by atoms with Crippen LogP contribution in [0.5, 0.6) is 0 Å². The van der Waals surface area contributed by atoms with Gasteiger partial charge in [0.1, 0.15) is 5.76 Å². The van der Waals surface area contributed by atoms with E-state index in [4.69, 9.17) is 13.9 Å². The molecule has 0 aromatic carbocycles. The van der Waals surface area contributed by atoms with E-state index in [1.165, 1.54) is 12.8 Å². The van der Waals surface area contributed by atoms with Crippen molar-refractivity contribution < 1.29 is 13.9 Å². The first-order chi connectivity index (χ1) is 13.3. The van der Waals surface area contributed by atoms with Gasteiger partial charge in [-0.1, -0.05) is 0 Å². The Bertz CT molecular complexity index is 564. The number of hydrogen-bond acceptors (Lipinski definition) is 5. The summed E-state index contributed by atoms with van der Waals surface area (Å²) in [7, 11) is 3.57. The molecule has 3 rings (SSSR count). The summed E-state index contributed by atoms with van der Waals surface area (Å²) in [5.41, 5.74) is 0. The quantitative estimate of drug-likeness (QED) is 0.241. The Hall–Kier alpha value is -0.840. The van der Waals surface area contributed by atoms with Crippen molar-refractivity contribution in [2.45, 2.75) is 25.3 Å². The van der Waals surface area contributed by atoms with Crippen LogP contribution in [0.3, 0.4) is 0 Å². The predicted molar refractivity (Wildman–Crippen MR) is 121 cm³/mol. The molecule has 3 heterocycles. The molecule has 0 bridgehead atoms. The molecule has 28 heavy (non-hydrogen) atoms. The molecule has 2 unspecified atom stereocenters. The molecule has 2 aliphatic rings. The molecule has 8 heteroatoms. The van der Waals surface area contributed by atoms with E-state index >= 15 is 0 Å². The van der Waals surface area contributed by atoms with Crippen molar-refractivity contribution >= 4 is 29.9 Å². The zero-order valence-electron chi connectivity index (χ0n) is 17.1. The summed E-state index contributed by atoms with van der Waals surface area (Å²) >= 11 is 0. The molecule has 0 radical (unpaired) electrons. The molecule has 7 nitrogen and oxygen atoms in total. The van der Waals surface area contributed by atoms with Crippen molar-refractivity contribution in [1.82, 2.24) is 15.1 Å². The fourth-order valence-electron chi connectivity index (χ4n) is 4.02. The molecule has 0 spiro atoms. The van der Waals surface area contributed by atoms with Crippen LogP contribution in [0.2, 0.25) is 0 Å². The minimum atomic E-state index is 0. The van der Waals surface area contributed by atoms with Gasteiger partial charge in [0, 0.05) is 39.7 Å². The number of likely N-dealkylation sites (tertiary alicyclic amines) is 2. The van der Waals surface area contributed by atoms with E-state index < -0.39 is 0 Å². The number of furan rings is 1. The van der Waals surface area contributed by atoms with Crippen LogP contribution in [0.25, 0.3) is 0 Å². The van der Waals surface area contributed by atoms with Gasteiger partial charge in [-0.05, 0) is 44.5 Å². The number of ether oxygens (including phenoxy) is 2. The first-order valence-electron chi connectivity index (χ1n) is 10.1. The molecule has 2 atom stereocenters. The third-order valence-electron chi connectivity index (χ3n) is 5.49. The van der Waals surface area contributed by atoms with Gasteiger partial charge in [-0.2, -0.15) is 0 Å². The molecule has 0 amide bonds. The zero-order chi connectivity index (χ0) is 18.9. The molecule has 0 saturated carbocycles. The van der Waals surface area contributed by atoms with Gasteiger partial charge in [0.05, 0.1) is 32.1 Å². The Labute approximate surface area is 185 Å². The summed E-state index contributed by atoms with van der Waals surface area (Å²) in [5.74, 6) is 2.57. The highest BCUT2D eigenvalue weighted by Gasteiger charge is 2.28. The van der Waals surface area contributed by atoms with Gasteiger partial charge < -0.3 is 24.1 Å². The minimum absolute atomic E-state index is 0. The second-order valence-corrected chi connectivity index (χ2v) is 7.37. The highest BCUT2D eigenvalue weighted by atomic mass is 127. The maximum Gasteiger partial charge on any atom is 0.193 e. The maximum absolute atomic E-state index is 5.72. The fourth-order valence-corrected chi connectivity index (χ4v) is 4.02. The van der Waals surface area contributed by atoms with Crippen LogP contribution >= 0.6 is 24.0 Å². The lowest BCUT2D eigenvalue weighted by molar-refractivity contribution is 0.0536. The smallest absolute Gasteiger partial charge is 0.193 e. The Kier molecular flexibility index (Phi) is 10.6. The average Bonchev–Trinajstić information content (AvgIpc) is 3.45. The number of methoxy groups -OCH3 is 1. The lowest BCUT2D eigenvalue weighted by Crippen LogP contribution is -2.44. The molecule has 1 aromatic rings. The van der Waals surface area contributed by atoms with Crippen molar-refractivity contribution in [3.63, 3.8) is 0 Å². The second-order valence-electron chi connectivity index (χ2n) is 7.37. The molecule has 1 N–H and O–H groups in total. The van der Waals surface area contributed by atoms with Gasteiger partial charge >= 0.3 is 0 Å². The summed E-state index contributed by atoms with van der Waals surface area (Å²) in [6, 6.07) is 4.31. The largest absolute Gasteiger partial charge is 0.468 e. The van der Waals surface area contributed by atoms with Gasteiger partial charge in [0.2, 0.25) is 0 Å². The molecular weight excluding hydrogens is 471 g/mol. The van der Waals surface area contributed by atoms with Crippen molar-refractivity contribution in [1.29, 1.82) is 0 Å². The predicted octanol–water partition coefficient (Wildman–Crippen LogP) is 2.59. The molecular formula is C20H35IN4O3. The zero-order valence-corrected chi connectivity index (χ0v) is 19.5. The monoisotopic (exact) mass is 506 g/mol. The number of rotatable bonds is 9. The van der Waals surface area contributed by atoms with Gasteiger partial charge in [0.15, 0.2) is 5.96 Å². The summed E-state index contributed by atoms with van der Waals surface area (Å²) in [6.45, 7) is 7.21. The van der Waals surface area contributed by atoms with E-state index in [9.17, 15) is 0 Å².